The fraction of sp³-hybridized carbons (Fsp3) is 0.385. The SMILES string of the molecule is Cc1cc2occ(CC(C)C)c(=O)c2c(=O)o1. The molecule has 0 saturated heterocycles. The molecule has 90 valence electrons. The van der Waals surface area contributed by atoms with Gasteiger partial charge in [-0.15, -0.1) is 0 Å². The Kier molecular flexibility index (Phi) is 2.88. The summed E-state index contributed by atoms with van der Waals surface area (Å²) in [5.74, 6) is 0.759. The van der Waals surface area contributed by atoms with Crippen molar-refractivity contribution in [3.63, 3.8) is 0 Å². The van der Waals surface area contributed by atoms with Gasteiger partial charge in [-0.2, -0.15) is 0 Å². The van der Waals surface area contributed by atoms with Crippen LogP contribution in [-0.4, -0.2) is 0 Å². The Hall–Kier alpha value is -1.84. The summed E-state index contributed by atoms with van der Waals surface area (Å²) in [7, 11) is 0. The maximum Gasteiger partial charge on any atom is 0.351 e. The Morgan fingerprint density at radius 1 is 1.29 bits per heavy atom. The molecule has 4 nitrogen and oxygen atoms in total. The fourth-order valence-corrected chi connectivity index (χ4v) is 1.81. The molecule has 0 saturated carbocycles. The third kappa shape index (κ3) is 2.16. The number of rotatable bonds is 2. The van der Waals surface area contributed by atoms with E-state index < -0.39 is 5.63 Å². The van der Waals surface area contributed by atoms with E-state index in [1.54, 1.807) is 13.0 Å². The van der Waals surface area contributed by atoms with E-state index in [1.807, 2.05) is 13.8 Å². The van der Waals surface area contributed by atoms with E-state index in [2.05, 4.69) is 0 Å². The molecule has 2 heterocycles. The van der Waals surface area contributed by atoms with E-state index >= 15 is 0 Å². The minimum atomic E-state index is -0.626. The third-order valence-electron chi connectivity index (χ3n) is 2.51. The summed E-state index contributed by atoms with van der Waals surface area (Å²) < 4.78 is 10.2. The van der Waals surface area contributed by atoms with Gasteiger partial charge < -0.3 is 8.83 Å². The summed E-state index contributed by atoms with van der Waals surface area (Å²) in [5.41, 5.74) is -0.104. The van der Waals surface area contributed by atoms with E-state index in [4.69, 9.17) is 8.83 Å². The maximum atomic E-state index is 12.1. The summed E-state index contributed by atoms with van der Waals surface area (Å²) in [6.45, 7) is 5.64. The molecule has 2 aromatic heterocycles. The van der Waals surface area contributed by atoms with Gasteiger partial charge in [-0.1, -0.05) is 13.8 Å². The van der Waals surface area contributed by atoms with Crippen LogP contribution in [-0.2, 0) is 6.42 Å². The van der Waals surface area contributed by atoms with Gasteiger partial charge >= 0.3 is 5.63 Å². The van der Waals surface area contributed by atoms with Crippen molar-refractivity contribution in [2.24, 2.45) is 5.92 Å². The molecule has 0 spiro atoms. The number of hydrogen-bond acceptors (Lipinski definition) is 4. The molecule has 0 bridgehead atoms. The molecule has 0 aliphatic rings. The van der Waals surface area contributed by atoms with E-state index in [1.165, 1.54) is 6.26 Å². The minimum absolute atomic E-state index is 0.00810. The van der Waals surface area contributed by atoms with E-state index in [-0.39, 0.29) is 16.4 Å². The van der Waals surface area contributed by atoms with Crippen molar-refractivity contribution in [3.05, 3.63) is 44.3 Å². The lowest BCUT2D eigenvalue weighted by molar-refractivity contribution is 0.479. The fourth-order valence-electron chi connectivity index (χ4n) is 1.81. The number of fused-ring (bicyclic) bond motifs is 1. The molecule has 0 unspecified atom stereocenters. The Morgan fingerprint density at radius 3 is 2.65 bits per heavy atom. The summed E-state index contributed by atoms with van der Waals surface area (Å²) in [4.78, 5) is 23.7. The van der Waals surface area contributed by atoms with Crippen molar-refractivity contribution in [3.8, 4) is 0 Å². The normalized spacial score (nSPS) is 11.3. The molecular weight excluding hydrogens is 220 g/mol. The van der Waals surface area contributed by atoms with Crippen LogP contribution in [0.2, 0.25) is 0 Å². The first-order chi connectivity index (χ1) is 7.99. The summed E-state index contributed by atoms with van der Waals surface area (Å²) >= 11 is 0. The van der Waals surface area contributed by atoms with Crippen molar-refractivity contribution >= 4 is 11.0 Å². The Morgan fingerprint density at radius 2 is 2.00 bits per heavy atom. The van der Waals surface area contributed by atoms with Crippen molar-refractivity contribution in [2.75, 3.05) is 0 Å². The molecule has 0 N–H and O–H groups in total. The standard InChI is InChI=1S/C13H14O4/c1-7(2)4-9-6-16-10-5-8(3)17-13(15)11(10)12(9)14/h5-7H,4H2,1-3H3. The Bertz CT molecular complexity index is 661. The van der Waals surface area contributed by atoms with Crippen molar-refractivity contribution in [1.29, 1.82) is 0 Å². The lowest BCUT2D eigenvalue weighted by Gasteiger charge is -2.04. The number of aryl methyl sites for hydroxylation is 1. The van der Waals surface area contributed by atoms with Gasteiger partial charge in [0.05, 0.1) is 6.26 Å². The zero-order valence-corrected chi connectivity index (χ0v) is 10.1. The summed E-state index contributed by atoms with van der Waals surface area (Å²) in [6, 6.07) is 1.55. The second-order valence-electron chi connectivity index (χ2n) is 4.57. The highest BCUT2D eigenvalue weighted by atomic mass is 16.4. The topological polar surface area (TPSA) is 60.4 Å². The first-order valence-corrected chi connectivity index (χ1v) is 5.54. The van der Waals surface area contributed by atoms with Crippen LogP contribution < -0.4 is 11.1 Å². The first-order valence-electron chi connectivity index (χ1n) is 5.54. The Balaban J connectivity index is 2.76. The van der Waals surface area contributed by atoms with Gasteiger partial charge in [0.2, 0.25) is 5.43 Å². The highest BCUT2D eigenvalue weighted by molar-refractivity contribution is 5.75. The van der Waals surface area contributed by atoms with Crippen LogP contribution >= 0.6 is 0 Å². The molecule has 2 rings (SSSR count). The highest BCUT2D eigenvalue weighted by Gasteiger charge is 2.13. The van der Waals surface area contributed by atoms with Crippen molar-refractivity contribution in [1.82, 2.24) is 0 Å². The second kappa shape index (κ2) is 4.20. The van der Waals surface area contributed by atoms with E-state index in [0.29, 0.717) is 23.7 Å². The maximum absolute atomic E-state index is 12.1. The van der Waals surface area contributed by atoms with Crippen LogP contribution in [0.1, 0.15) is 25.2 Å². The van der Waals surface area contributed by atoms with Gasteiger partial charge in [0.15, 0.2) is 5.39 Å². The smallest absolute Gasteiger partial charge is 0.351 e. The van der Waals surface area contributed by atoms with E-state index in [0.717, 1.165) is 0 Å². The predicted molar refractivity (Wildman–Crippen MR) is 64.3 cm³/mol. The largest absolute Gasteiger partial charge is 0.463 e. The van der Waals surface area contributed by atoms with Gasteiger partial charge in [-0.25, -0.2) is 4.79 Å². The van der Waals surface area contributed by atoms with Crippen LogP contribution in [0.4, 0.5) is 0 Å². The van der Waals surface area contributed by atoms with Crippen LogP contribution in [0.3, 0.4) is 0 Å². The molecule has 0 aromatic carbocycles. The van der Waals surface area contributed by atoms with Crippen LogP contribution in [0.15, 0.2) is 30.8 Å². The third-order valence-corrected chi connectivity index (χ3v) is 2.51. The van der Waals surface area contributed by atoms with Crippen LogP contribution in [0, 0.1) is 12.8 Å². The average molecular weight is 234 g/mol. The second-order valence-corrected chi connectivity index (χ2v) is 4.57. The molecule has 0 atom stereocenters. The Labute approximate surface area is 97.9 Å². The zero-order chi connectivity index (χ0) is 12.6. The molecule has 0 radical (unpaired) electrons. The van der Waals surface area contributed by atoms with Crippen molar-refractivity contribution in [2.45, 2.75) is 27.2 Å². The van der Waals surface area contributed by atoms with Gasteiger partial charge in [-0.3, -0.25) is 4.79 Å². The van der Waals surface area contributed by atoms with Gasteiger partial charge in [0.1, 0.15) is 11.3 Å². The summed E-state index contributed by atoms with van der Waals surface area (Å²) in [6.07, 6.45) is 2.02. The molecular formula is C13H14O4. The number of hydrogen-bond donors (Lipinski definition) is 0. The lowest BCUT2D eigenvalue weighted by Crippen LogP contribution is -2.17. The molecule has 0 aliphatic heterocycles. The quantitative estimate of drug-likeness (QED) is 0.799. The van der Waals surface area contributed by atoms with Gasteiger partial charge in [0, 0.05) is 11.6 Å². The zero-order valence-electron chi connectivity index (χ0n) is 10.1. The van der Waals surface area contributed by atoms with E-state index in [9.17, 15) is 9.59 Å². The predicted octanol–water partition coefficient (Wildman–Crippen LogP) is 2.25. The molecule has 0 amide bonds. The van der Waals surface area contributed by atoms with Crippen LogP contribution in [0.25, 0.3) is 11.0 Å². The monoisotopic (exact) mass is 234 g/mol. The molecule has 2 aromatic rings. The molecule has 17 heavy (non-hydrogen) atoms. The molecule has 0 aliphatic carbocycles. The van der Waals surface area contributed by atoms with Crippen molar-refractivity contribution < 1.29 is 8.83 Å². The lowest BCUT2D eigenvalue weighted by atomic mass is 10.0. The molecule has 0 fully saturated rings. The van der Waals surface area contributed by atoms with Crippen LogP contribution in [0.5, 0.6) is 0 Å². The minimum Gasteiger partial charge on any atom is -0.463 e. The molecule has 4 heteroatoms. The van der Waals surface area contributed by atoms with Gasteiger partial charge in [-0.05, 0) is 19.3 Å². The average Bonchev–Trinajstić information content (AvgIpc) is 2.20. The van der Waals surface area contributed by atoms with Gasteiger partial charge in [0.25, 0.3) is 0 Å². The summed E-state index contributed by atoms with van der Waals surface area (Å²) in [5, 5.41) is 0.00810. The highest BCUT2D eigenvalue weighted by Crippen LogP contribution is 2.11. The first kappa shape index (κ1) is 11.6.